The van der Waals surface area contributed by atoms with E-state index in [1.165, 1.54) is 4.90 Å². The Morgan fingerprint density at radius 2 is 1.45 bits per heavy atom. The van der Waals surface area contributed by atoms with Gasteiger partial charge in [-0.3, -0.25) is 9.69 Å². The van der Waals surface area contributed by atoms with Crippen molar-refractivity contribution in [2.24, 2.45) is 5.73 Å². The second-order valence-electron chi connectivity index (χ2n) is 11.1. The number of nitrogens with two attached hydrogens (primary N) is 1. The molecule has 0 radical (unpaired) electrons. The molecule has 0 saturated carbocycles. The molecule has 0 aliphatic heterocycles. The highest BCUT2D eigenvalue weighted by atomic mass is 16.6. The van der Waals surface area contributed by atoms with Crippen LogP contribution in [0.15, 0.2) is 78.9 Å². The lowest BCUT2D eigenvalue weighted by Crippen LogP contribution is -2.48. The number of primary amides is 1. The number of aryl methyl sites for hydroxylation is 1. The van der Waals surface area contributed by atoms with Crippen molar-refractivity contribution < 1.29 is 23.9 Å². The Morgan fingerprint density at radius 3 is 2.02 bits per heavy atom. The standard InChI is InChI=1S/C33H38N2O5/c1-33(2,3)40-31(37)29(19-20-30(34)36)35(21-11-14-23-12-5-4-6-13-23)32(38)39-22-28-26-17-9-7-15-24(26)25-16-8-10-18-27(25)28/h4-10,12-13,15-18,28-29H,11,14,19-22H2,1-3H3,(H2,34,36)/t29-/m0/s1. The van der Waals surface area contributed by atoms with Gasteiger partial charge in [-0.15, -0.1) is 0 Å². The van der Waals surface area contributed by atoms with E-state index < -0.39 is 29.6 Å². The van der Waals surface area contributed by atoms with Crippen LogP contribution in [-0.4, -0.2) is 47.7 Å². The lowest BCUT2D eigenvalue weighted by molar-refractivity contribution is -0.161. The Bertz CT molecular complexity index is 1290. The maximum absolute atomic E-state index is 13.7. The van der Waals surface area contributed by atoms with Crippen molar-refractivity contribution in [3.05, 3.63) is 95.6 Å². The van der Waals surface area contributed by atoms with Gasteiger partial charge in [-0.1, -0.05) is 78.9 Å². The summed E-state index contributed by atoms with van der Waals surface area (Å²) in [5.41, 5.74) is 10.3. The van der Waals surface area contributed by atoms with Crippen LogP contribution in [0.25, 0.3) is 11.1 Å². The minimum Gasteiger partial charge on any atom is -0.458 e. The molecule has 0 spiro atoms. The molecule has 2 N–H and O–H groups in total. The summed E-state index contributed by atoms with van der Waals surface area (Å²) in [5, 5.41) is 0. The number of fused-ring (bicyclic) bond motifs is 3. The monoisotopic (exact) mass is 542 g/mol. The first-order chi connectivity index (χ1) is 19.1. The van der Waals surface area contributed by atoms with E-state index in [4.69, 9.17) is 15.2 Å². The SMILES string of the molecule is CC(C)(C)OC(=O)[C@H](CCC(N)=O)N(CCCc1ccccc1)C(=O)OCC1c2ccccc2-c2ccccc21. The molecule has 0 fully saturated rings. The van der Waals surface area contributed by atoms with E-state index in [9.17, 15) is 14.4 Å². The molecule has 0 saturated heterocycles. The fraction of sp³-hybridized carbons (Fsp3) is 0.364. The number of esters is 1. The van der Waals surface area contributed by atoms with Crippen LogP contribution in [0.2, 0.25) is 0 Å². The smallest absolute Gasteiger partial charge is 0.410 e. The van der Waals surface area contributed by atoms with Gasteiger partial charge in [0.2, 0.25) is 5.91 Å². The predicted octanol–water partition coefficient (Wildman–Crippen LogP) is 5.85. The fourth-order valence-corrected chi connectivity index (χ4v) is 5.20. The van der Waals surface area contributed by atoms with E-state index in [2.05, 4.69) is 24.3 Å². The summed E-state index contributed by atoms with van der Waals surface area (Å²) in [6.07, 6.45) is 0.694. The molecule has 1 aliphatic rings. The average molecular weight is 543 g/mol. The molecular weight excluding hydrogens is 504 g/mol. The molecule has 0 unspecified atom stereocenters. The maximum atomic E-state index is 13.7. The summed E-state index contributed by atoms with van der Waals surface area (Å²) >= 11 is 0. The first-order valence-corrected chi connectivity index (χ1v) is 13.8. The summed E-state index contributed by atoms with van der Waals surface area (Å²) in [6, 6.07) is 25.2. The number of benzene rings is 3. The van der Waals surface area contributed by atoms with Gasteiger partial charge in [0.1, 0.15) is 18.2 Å². The number of amides is 2. The number of hydrogen-bond acceptors (Lipinski definition) is 5. The first-order valence-electron chi connectivity index (χ1n) is 13.8. The van der Waals surface area contributed by atoms with Gasteiger partial charge in [-0.05, 0) is 67.9 Å². The number of ether oxygens (including phenoxy) is 2. The normalized spacial score (nSPS) is 13.2. The number of carbonyl (C=O) groups excluding carboxylic acids is 3. The van der Waals surface area contributed by atoms with E-state index in [1.807, 2.05) is 54.6 Å². The lowest BCUT2D eigenvalue weighted by Gasteiger charge is -2.32. The van der Waals surface area contributed by atoms with Crippen LogP contribution in [-0.2, 0) is 25.5 Å². The average Bonchev–Trinajstić information content (AvgIpc) is 3.24. The Kier molecular flexibility index (Phi) is 9.25. The summed E-state index contributed by atoms with van der Waals surface area (Å²) in [7, 11) is 0. The molecule has 0 heterocycles. The van der Waals surface area contributed by atoms with E-state index >= 15 is 0 Å². The van der Waals surface area contributed by atoms with Crippen LogP contribution < -0.4 is 5.73 Å². The van der Waals surface area contributed by atoms with Crippen LogP contribution in [0.5, 0.6) is 0 Å². The van der Waals surface area contributed by atoms with Gasteiger partial charge in [0.25, 0.3) is 0 Å². The third-order valence-electron chi connectivity index (χ3n) is 7.00. The highest BCUT2D eigenvalue weighted by Crippen LogP contribution is 2.44. The second kappa shape index (κ2) is 12.8. The molecule has 0 bridgehead atoms. The van der Waals surface area contributed by atoms with Crippen molar-refractivity contribution in [1.82, 2.24) is 4.90 Å². The van der Waals surface area contributed by atoms with Crippen LogP contribution in [0.4, 0.5) is 4.79 Å². The zero-order valence-electron chi connectivity index (χ0n) is 23.5. The quantitative estimate of drug-likeness (QED) is 0.307. The third kappa shape index (κ3) is 7.29. The molecule has 40 heavy (non-hydrogen) atoms. The summed E-state index contributed by atoms with van der Waals surface area (Å²) < 4.78 is 11.6. The van der Waals surface area contributed by atoms with Gasteiger partial charge < -0.3 is 15.2 Å². The highest BCUT2D eigenvalue weighted by Gasteiger charge is 2.36. The summed E-state index contributed by atoms with van der Waals surface area (Å²) in [5.74, 6) is -1.25. The summed E-state index contributed by atoms with van der Waals surface area (Å²) in [6.45, 7) is 5.68. The van der Waals surface area contributed by atoms with E-state index in [0.29, 0.717) is 12.8 Å². The lowest BCUT2D eigenvalue weighted by atomic mass is 9.98. The Morgan fingerprint density at radius 1 is 0.875 bits per heavy atom. The third-order valence-corrected chi connectivity index (χ3v) is 7.00. The van der Waals surface area contributed by atoms with Crippen molar-refractivity contribution in [1.29, 1.82) is 0 Å². The second-order valence-corrected chi connectivity index (χ2v) is 11.1. The Balaban J connectivity index is 1.55. The van der Waals surface area contributed by atoms with Gasteiger partial charge in [-0.2, -0.15) is 0 Å². The number of rotatable bonds is 11. The maximum Gasteiger partial charge on any atom is 0.410 e. The molecule has 0 aromatic heterocycles. The molecule has 3 aromatic rings. The minimum atomic E-state index is -1.00. The van der Waals surface area contributed by atoms with Gasteiger partial charge in [0.05, 0.1) is 0 Å². The van der Waals surface area contributed by atoms with Gasteiger partial charge >= 0.3 is 12.1 Å². The summed E-state index contributed by atoms with van der Waals surface area (Å²) in [4.78, 5) is 40.1. The number of carbonyl (C=O) groups is 3. The highest BCUT2D eigenvalue weighted by molar-refractivity contribution is 5.83. The topological polar surface area (TPSA) is 98.9 Å². The van der Waals surface area contributed by atoms with Gasteiger partial charge in [0, 0.05) is 18.9 Å². The van der Waals surface area contributed by atoms with Crippen molar-refractivity contribution in [2.75, 3.05) is 13.2 Å². The van der Waals surface area contributed by atoms with Crippen LogP contribution in [0.1, 0.15) is 62.6 Å². The Labute approximate surface area is 236 Å². The molecule has 2 amide bonds. The molecule has 210 valence electrons. The molecule has 7 heteroatoms. The molecule has 3 aromatic carbocycles. The van der Waals surface area contributed by atoms with Crippen LogP contribution in [0, 0.1) is 0 Å². The number of nitrogens with zero attached hydrogens (tertiary/aromatic N) is 1. The van der Waals surface area contributed by atoms with Gasteiger partial charge in [-0.25, -0.2) is 9.59 Å². The van der Waals surface area contributed by atoms with Gasteiger partial charge in [0.15, 0.2) is 0 Å². The van der Waals surface area contributed by atoms with Crippen LogP contribution >= 0.6 is 0 Å². The van der Waals surface area contributed by atoms with Crippen LogP contribution in [0.3, 0.4) is 0 Å². The molecular formula is C33H38N2O5. The van der Waals surface area contributed by atoms with Crippen molar-refractivity contribution in [3.63, 3.8) is 0 Å². The van der Waals surface area contributed by atoms with Crippen molar-refractivity contribution >= 4 is 18.0 Å². The largest absolute Gasteiger partial charge is 0.458 e. The van der Waals surface area contributed by atoms with Crippen molar-refractivity contribution in [3.8, 4) is 11.1 Å². The molecule has 1 atom stereocenters. The molecule has 7 nitrogen and oxygen atoms in total. The predicted molar refractivity (Wildman–Crippen MR) is 155 cm³/mol. The fourth-order valence-electron chi connectivity index (χ4n) is 5.20. The van der Waals surface area contributed by atoms with E-state index in [0.717, 1.165) is 27.8 Å². The zero-order chi connectivity index (χ0) is 28.7. The van der Waals surface area contributed by atoms with E-state index in [1.54, 1.807) is 20.8 Å². The Hall–Kier alpha value is -4.13. The van der Waals surface area contributed by atoms with Crippen molar-refractivity contribution in [2.45, 2.75) is 64.0 Å². The van der Waals surface area contributed by atoms with E-state index in [-0.39, 0.29) is 31.9 Å². The minimum absolute atomic E-state index is 0.0553. The molecule has 1 aliphatic carbocycles. The number of hydrogen-bond donors (Lipinski definition) is 1. The zero-order valence-corrected chi connectivity index (χ0v) is 23.5. The molecule has 4 rings (SSSR count). The first kappa shape index (κ1) is 28.9.